The molecule has 0 amide bonds. The van der Waals surface area contributed by atoms with Crippen LogP contribution in [0.2, 0.25) is 0 Å². The van der Waals surface area contributed by atoms with Gasteiger partial charge in [0.05, 0.1) is 30.7 Å². The zero-order valence-electron chi connectivity index (χ0n) is 13.2. The first kappa shape index (κ1) is 18.8. The molecule has 138 valence electrons. The molecule has 0 saturated carbocycles. The Morgan fingerprint density at radius 3 is 2.60 bits per heavy atom. The Morgan fingerprint density at radius 2 is 2.00 bits per heavy atom. The molecule has 0 radical (unpaired) electrons. The summed E-state index contributed by atoms with van der Waals surface area (Å²) in [7, 11) is 1.31. The number of aromatic nitrogens is 4. The molecule has 2 heterocycles. The summed E-state index contributed by atoms with van der Waals surface area (Å²) in [4.78, 5) is 7.42. The van der Waals surface area contributed by atoms with Crippen LogP contribution in [0, 0.1) is 6.92 Å². The molecular weight excluding hydrogens is 351 g/mol. The van der Waals surface area contributed by atoms with Crippen molar-refractivity contribution in [1.82, 2.24) is 19.7 Å². The predicted octanol–water partition coefficient (Wildman–Crippen LogP) is 3.02. The van der Waals surface area contributed by atoms with E-state index in [-0.39, 0.29) is 24.9 Å². The van der Waals surface area contributed by atoms with Crippen LogP contribution in [0.25, 0.3) is 0 Å². The summed E-state index contributed by atoms with van der Waals surface area (Å²) in [5, 5.41) is 9.10. The highest BCUT2D eigenvalue weighted by atomic mass is 19.4. The Bertz CT molecular complexity index is 717. The average Bonchev–Trinajstić information content (AvgIpc) is 2.86. The van der Waals surface area contributed by atoms with Crippen LogP contribution < -0.4 is 10.6 Å². The second-order valence-electron chi connectivity index (χ2n) is 4.83. The highest BCUT2D eigenvalue weighted by Gasteiger charge is 2.35. The summed E-state index contributed by atoms with van der Waals surface area (Å²) in [5.41, 5.74) is 0.00310. The van der Waals surface area contributed by atoms with Crippen LogP contribution in [0.15, 0.2) is 12.4 Å². The van der Waals surface area contributed by atoms with Crippen LogP contribution in [0.5, 0.6) is 0 Å². The highest BCUT2D eigenvalue weighted by Crippen LogP contribution is 2.33. The molecule has 2 rings (SSSR count). The van der Waals surface area contributed by atoms with Crippen molar-refractivity contribution in [3.8, 4) is 0 Å². The van der Waals surface area contributed by atoms with Gasteiger partial charge in [0.25, 0.3) is 0 Å². The van der Waals surface area contributed by atoms with Gasteiger partial charge in [-0.25, -0.2) is 4.98 Å². The van der Waals surface area contributed by atoms with Gasteiger partial charge in [-0.2, -0.15) is 32.0 Å². The monoisotopic (exact) mass is 366 g/mol. The second kappa shape index (κ2) is 7.59. The summed E-state index contributed by atoms with van der Waals surface area (Å²) in [6.45, 7) is -1.36. The molecule has 2 aromatic heterocycles. The van der Waals surface area contributed by atoms with Gasteiger partial charge >= 0.3 is 12.8 Å². The summed E-state index contributed by atoms with van der Waals surface area (Å²) >= 11 is 0. The van der Waals surface area contributed by atoms with Gasteiger partial charge in [0.1, 0.15) is 11.4 Å². The normalized spacial score (nSPS) is 11.8. The van der Waals surface area contributed by atoms with Crippen molar-refractivity contribution in [2.24, 2.45) is 0 Å². The lowest BCUT2D eigenvalue weighted by Gasteiger charge is -2.12. The Morgan fingerprint density at radius 1 is 1.28 bits per heavy atom. The number of nitrogens with zero attached hydrogens (tertiary/aromatic N) is 4. The quantitative estimate of drug-likeness (QED) is 0.734. The minimum atomic E-state index is -4.58. The van der Waals surface area contributed by atoms with Crippen molar-refractivity contribution < 1.29 is 26.7 Å². The van der Waals surface area contributed by atoms with Crippen LogP contribution in [-0.2, 0) is 17.5 Å². The van der Waals surface area contributed by atoms with Gasteiger partial charge in [-0.15, -0.1) is 0 Å². The molecule has 2 aromatic rings. The van der Waals surface area contributed by atoms with Gasteiger partial charge in [-0.3, -0.25) is 4.68 Å². The maximum atomic E-state index is 12.8. The topological polar surface area (TPSA) is 76.9 Å². The van der Waals surface area contributed by atoms with Crippen LogP contribution in [0.1, 0.15) is 11.3 Å². The van der Waals surface area contributed by atoms with Gasteiger partial charge in [0.2, 0.25) is 5.95 Å². The number of alkyl halides is 5. The SMILES string of the molecule is CNc1nc(Nc2cnn(CCOC(F)F)c2C)ncc1C(F)(F)F. The second-order valence-corrected chi connectivity index (χ2v) is 4.83. The number of hydrogen-bond donors (Lipinski definition) is 2. The van der Waals surface area contributed by atoms with Crippen molar-refractivity contribution in [3.63, 3.8) is 0 Å². The van der Waals surface area contributed by atoms with Crippen LogP contribution in [0.4, 0.5) is 39.4 Å². The van der Waals surface area contributed by atoms with E-state index in [9.17, 15) is 22.0 Å². The third kappa shape index (κ3) is 4.75. The molecule has 0 atom stereocenters. The Balaban J connectivity index is 2.13. The number of ether oxygens (including phenoxy) is 1. The van der Waals surface area contributed by atoms with E-state index in [1.807, 2.05) is 0 Å². The van der Waals surface area contributed by atoms with Crippen molar-refractivity contribution in [2.75, 3.05) is 24.3 Å². The Hall–Kier alpha value is -2.50. The zero-order valence-corrected chi connectivity index (χ0v) is 13.2. The van der Waals surface area contributed by atoms with E-state index in [1.165, 1.54) is 17.9 Å². The van der Waals surface area contributed by atoms with E-state index < -0.39 is 18.4 Å². The molecule has 12 heteroatoms. The first-order valence-corrected chi connectivity index (χ1v) is 7.03. The molecule has 0 fully saturated rings. The highest BCUT2D eigenvalue weighted by molar-refractivity contribution is 5.57. The third-order valence-electron chi connectivity index (χ3n) is 3.23. The van der Waals surface area contributed by atoms with Gasteiger partial charge in [-0.05, 0) is 6.92 Å². The lowest BCUT2D eigenvalue weighted by molar-refractivity contribution is -0.137. The fourth-order valence-electron chi connectivity index (χ4n) is 1.98. The van der Waals surface area contributed by atoms with Gasteiger partial charge < -0.3 is 15.4 Å². The molecule has 0 bridgehead atoms. The fraction of sp³-hybridized carbons (Fsp3) is 0.462. The molecule has 0 aromatic carbocycles. The molecule has 2 N–H and O–H groups in total. The molecule has 0 aliphatic heterocycles. The zero-order chi connectivity index (χ0) is 18.6. The summed E-state index contributed by atoms with van der Waals surface area (Å²) < 4.78 is 67.9. The molecule has 0 spiro atoms. The van der Waals surface area contributed by atoms with Crippen LogP contribution >= 0.6 is 0 Å². The van der Waals surface area contributed by atoms with Crippen LogP contribution in [0.3, 0.4) is 0 Å². The molecule has 25 heavy (non-hydrogen) atoms. The summed E-state index contributed by atoms with van der Waals surface area (Å²) in [5.74, 6) is -0.441. The Labute approximate surface area is 139 Å². The third-order valence-corrected chi connectivity index (χ3v) is 3.23. The van der Waals surface area contributed by atoms with E-state index in [0.29, 0.717) is 17.6 Å². The van der Waals surface area contributed by atoms with Gasteiger partial charge in [-0.1, -0.05) is 0 Å². The number of hydrogen-bond acceptors (Lipinski definition) is 6. The predicted molar refractivity (Wildman–Crippen MR) is 78.8 cm³/mol. The molecule has 0 aliphatic rings. The Kier molecular flexibility index (Phi) is 5.72. The maximum Gasteiger partial charge on any atom is 0.421 e. The van der Waals surface area contributed by atoms with Crippen molar-refractivity contribution >= 4 is 17.5 Å². The molecule has 0 saturated heterocycles. The number of nitrogens with one attached hydrogen (secondary N) is 2. The molecule has 0 aliphatic carbocycles. The number of anilines is 3. The van der Waals surface area contributed by atoms with Gasteiger partial charge in [0, 0.05) is 13.2 Å². The van der Waals surface area contributed by atoms with E-state index in [2.05, 4.69) is 30.4 Å². The van der Waals surface area contributed by atoms with E-state index >= 15 is 0 Å². The van der Waals surface area contributed by atoms with E-state index in [1.54, 1.807) is 6.92 Å². The van der Waals surface area contributed by atoms with Crippen molar-refractivity contribution in [2.45, 2.75) is 26.3 Å². The minimum Gasteiger partial charge on any atom is -0.372 e. The molecular formula is C13H15F5N6O. The molecule has 0 unspecified atom stereocenters. The fourth-order valence-corrected chi connectivity index (χ4v) is 1.98. The lowest BCUT2D eigenvalue weighted by atomic mass is 10.3. The van der Waals surface area contributed by atoms with E-state index in [0.717, 1.165) is 0 Å². The van der Waals surface area contributed by atoms with Crippen molar-refractivity contribution in [1.29, 1.82) is 0 Å². The number of halogens is 5. The standard InChI is InChI=1S/C13H15F5N6O/c1-7-9(6-21-24(7)3-4-25-11(14)15)22-12-20-5-8(13(16,17)18)10(19-2)23-12/h5-6,11H,3-4H2,1-2H3,(H2,19,20,22,23). The first-order valence-electron chi connectivity index (χ1n) is 7.03. The first-order chi connectivity index (χ1) is 11.7. The summed E-state index contributed by atoms with van der Waals surface area (Å²) in [6.07, 6.45) is -2.53. The minimum absolute atomic E-state index is 0.0659. The molecule has 7 nitrogen and oxygen atoms in total. The van der Waals surface area contributed by atoms with Crippen molar-refractivity contribution in [3.05, 3.63) is 23.7 Å². The lowest BCUT2D eigenvalue weighted by Crippen LogP contribution is -2.13. The van der Waals surface area contributed by atoms with Crippen LogP contribution in [-0.4, -0.2) is 40.0 Å². The van der Waals surface area contributed by atoms with Gasteiger partial charge in [0.15, 0.2) is 0 Å². The maximum absolute atomic E-state index is 12.8. The smallest absolute Gasteiger partial charge is 0.372 e. The summed E-state index contributed by atoms with van der Waals surface area (Å²) in [6, 6.07) is 0. The largest absolute Gasteiger partial charge is 0.421 e. The van der Waals surface area contributed by atoms with E-state index in [4.69, 9.17) is 0 Å². The number of rotatable bonds is 7. The average molecular weight is 366 g/mol.